The number of benzene rings is 4. The number of rotatable bonds is 12. The van der Waals surface area contributed by atoms with Crippen molar-refractivity contribution < 1.29 is 27.9 Å². The number of fused-ring (bicyclic) bond motifs is 1. The zero-order valence-electron chi connectivity index (χ0n) is 35.3. The molecule has 10 heteroatoms. The van der Waals surface area contributed by atoms with E-state index in [1.165, 1.54) is 16.4 Å². The minimum Gasteiger partial charge on any atom is -0.490 e. The first-order chi connectivity index (χ1) is 28.2. The highest BCUT2D eigenvalue weighted by Gasteiger charge is 2.50. The summed E-state index contributed by atoms with van der Waals surface area (Å²) in [6.07, 6.45) is 4.12. The van der Waals surface area contributed by atoms with Crippen LogP contribution in [0.15, 0.2) is 115 Å². The second-order valence-electron chi connectivity index (χ2n) is 17.3. The molecule has 0 spiro atoms. The van der Waals surface area contributed by atoms with Gasteiger partial charge in [-0.05, 0) is 90.8 Å². The van der Waals surface area contributed by atoms with Crippen LogP contribution in [0.1, 0.15) is 83.7 Å². The molecular formula is C49H56FN3O5Si. The standard InChI is InChI=1S/C49H56FN3O5Si/c1-8-35-31-43-45(51-33-35)58-49(6,7)47(55)53(43)37-25-28-52(29-26-37)46(54)41-24-23-36(32-42(41)50)40-21-15-16-22-44(40)57-34(2)27-30-56-59(48(3,4)5,38-17-11-9-12-18-38)39-19-13-10-14-20-39/h9-24,31-34,37H,8,25-30H2,1-7H3/t34-/m1/s1. The fraction of sp³-hybridized carbons (Fsp3) is 0.367. The number of hydrogen-bond acceptors (Lipinski definition) is 6. The number of carbonyl (C=O) groups is 2. The molecule has 0 saturated carbocycles. The van der Waals surface area contributed by atoms with Crippen LogP contribution in [0.25, 0.3) is 11.1 Å². The van der Waals surface area contributed by atoms with Crippen molar-refractivity contribution in [1.82, 2.24) is 9.88 Å². The molecule has 1 atom stereocenters. The molecule has 1 fully saturated rings. The van der Waals surface area contributed by atoms with E-state index >= 15 is 4.39 Å². The van der Waals surface area contributed by atoms with Crippen molar-refractivity contribution in [2.45, 2.75) is 96.9 Å². The molecule has 0 bridgehead atoms. The summed E-state index contributed by atoms with van der Waals surface area (Å²) in [4.78, 5) is 35.4. The molecule has 2 amide bonds. The Balaban J connectivity index is 1.02. The van der Waals surface area contributed by atoms with Gasteiger partial charge in [-0.2, -0.15) is 0 Å². The summed E-state index contributed by atoms with van der Waals surface area (Å²) >= 11 is 0. The van der Waals surface area contributed by atoms with Crippen molar-refractivity contribution >= 4 is 36.2 Å². The molecule has 0 unspecified atom stereocenters. The molecule has 1 saturated heterocycles. The van der Waals surface area contributed by atoms with Gasteiger partial charge in [-0.15, -0.1) is 0 Å². The Morgan fingerprint density at radius 1 is 0.932 bits per heavy atom. The van der Waals surface area contributed by atoms with E-state index in [0.717, 1.165) is 17.5 Å². The number of likely N-dealkylation sites (tertiary alicyclic amines) is 1. The SMILES string of the molecule is CCc1cnc2c(c1)N(C1CCN(C(=O)c3ccc(-c4ccccc4O[C@H](C)CCO[Si](c4ccccc4)(c4ccccc4)C(C)(C)C)cc3F)CC1)C(=O)C(C)(C)O2. The average molecular weight is 814 g/mol. The van der Waals surface area contributed by atoms with Crippen molar-refractivity contribution in [2.75, 3.05) is 24.6 Å². The first kappa shape index (κ1) is 41.8. The van der Waals surface area contributed by atoms with Gasteiger partial charge >= 0.3 is 0 Å². The Labute approximate surface area is 349 Å². The molecule has 0 aliphatic carbocycles. The lowest BCUT2D eigenvalue weighted by molar-refractivity contribution is -0.133. The van der Waals surface area contributed by atoms with Gasteiger partial charge in [0.2, 0.25) is 5.88 Å². The van der Waals surface area contributed by atoms with Crippen LogP contribution < -0.4 is 24.7 Å². The van der Waals surface area contributed by atoms with Crippen LogP contribution >= 0.6 is 0 Å². The number of hydrogen-bond donors (Lipinski definition) is 0. The number of anilines is 1. The normalized spacial score (nSPS) is 16.3. The maximum absolute atomic E-state index is 16.0. The zero-order valence-corrected chi connectivity index (χ0v) is 36.3. The summed E-state index contributed by atoms with van der Waals surface area (Å²) in [5.41, 5.74) is 2.00. The predicted molar refractivity (Wildman–Crippen MR) is 235 cm³/mol. The summed E-state index contributed by atoms with van der Waals surface area (Å²) in [5, 5.41) is 2.33. The minimum atomic E-state index is -2.69. The molecule has 4 aromatic carbocycles. The maximum Gasteiger partial charge on any atom is 0.271 e. The Kier molecular flexibility index (Phi) is 12.1. The van der Waals surface area contributed by atoms with Crippen LogP contribution in [0.2, 0.25) is 5.04 Å². The highest BCUT2D eigenvalue weighted by Crippen LogP contribution is 2.41. The molecule has 7 rings (SSSR count). The van der Waals surface area contributed by atoms with Crippen molar-refractivity contribution in [2.24, 2.45) is 0 Å². The van der Waals surface area contributed by atoms with E-state index in [0.29, 0.717) is 61.8 Å². The van der Waals surface area contributed by atoms with E-state index in [1.807, 2.05) is 61.2 Å². The van der Waals surface area contributed by atoms with Gasteiger partial charge in [0.1, 0.15) is 17.3 Å². The fourth-order valence-electron chi connectivity index (χ4n) is 8.55. The van der Waals surface area contributed by atoms with Gasteiger partial charge in [-0.1, -0.05) is 113 Å². The zero-order chi connectivity index (χ0) is 42.0. The van der Waals surface area contributed by atoms with Gasteiger partial charge in [0.05, 0.1) is 11.7 Å². The number of aromatic nitrogens is 1. The van der Waals surface area contributed by atoms with E-state index in [1.54, 1.807) is 37.1 Å². The Morgan fingerprint density at radius 3 is 2.17 bits per heavy atom. The smallest absolute Gasteiger partial charge is 0.271 e. The Morgan fingerprint density at radius 2 is 1.56 bits per heavy atom. The molecule has 0 N–H and O–H groups in total. The number of ether oxygens (including phenoxy) is 2. The average Bonchev–Trinajstić information content (AvgIpc) is 3.23. The maximum atomic E-state index is 16.0. The number of para-hydroxylation sites is 1. The third-order valence-corrected chi connectivity index (χ3v) is 16.8. The number of pyridine rings is 1. The lowest BCUT2D eigenvalue weighted by atomic mass is 9.96. The molecule has 59 heavy (non-hydrogen) atoms. The molecule has 308 valence electrons. The quantitative estimate of drug-likeness (QED) is 0.117. The summed E-state index contributed by atoms with van der Waals surface area (Å²) in [6.45, 7) is 15.7. The van der Waals surface area contributed by atoms with Gasteiger partial charge in [-0.25, -0.2) is 9.37 Å². The Hall–Kier alpha value is -5.32. The van der Waals surface area contributed by atoms with E-state index in [9.17, 15) is 9.59 Å². The van der Waals surface area contributed by atoms with Gasteiger partial charge in [-0.3, -0.25) is 9.59 Å². The number of aryl methyl sites for hydroxylation is 1. The Bertz CT molecular complexity index is 2230. The summed E-state index contributed by atoms with van der Waals surface area (Å²) < 4.78 is 35.6. The molecule has 3 heterocycles. The molecule has 1 aromatic heterocycles. The van der Waals surface area contributed by atoms with Crippen LogP contribution in [0.5, 0.6) is 11.6 Å². The first-order valence-corrected chi connectivity index (χ1v) is 22.8. The first-order valence-electron chi connectivity index (χ1n) is 20.8. The topological polar surface area (TPSA) is 81.2 Å². The summed E-state index contributed by atoms with van der Waals surface area (Å²) in [5.74, 6) is -0.0124. The number of halogens is 1. The molecular weight excluding hydrogens is 758 g/mol. The minimum absolute atomic E-state index is 0.0187. The van der Waals surface area contributed by atoms with Gasteiger partial charge in [0.25, 0.3) is 20.1 Å². The largest absolute Gasteiger partial charge is 0.490 e. The lowest BCUT2D eigenvalue weighted by Crippen LogP contribution is -2.66. The summed E-state index contributed by atoms with van der Waals surface area (Å²) in [6, 6.07) is 35.4. The van der Waals surface area contributed by atoms with Crippen molar-refractivity contribution in [3.05, 3.63) is 132 Å². The molecule has 2 aliphatic heterocycles. The molecule has 2 aliphatic rings. The van der Waals surface area contributed by atoms with Crippen LogP contribution in [0, 0.1) is 5.82 Å². The summed E-state index contributed by atoms with van der Waals surface area (Å²) in [7, 11) is -2.69. The van der Waals surface area contributed by atoms with Gasteiger partial charge in [0, 0.05) is 43.9 Å². The fourth-order valence-corrected chi connectivity index (χ4v) is 13.1. The lowest BCUT2D eigenvalue weighted by Gasteiger charge is -2.44. The third-order valence-electron chi connectivity index (χ3n) is 11.7. The number of nitrogens with zero attached hydrogens (tertiary/aromatic N) is 3. The number of piperidine rings is 1. The highest BCUT2D eigenvalue weighted by atomic mass is 28.4. The number of amides is 2. The van der Waals surface area contributed by atoms with Crippen LogP contribution in [0.4, 0.5) is 10.1 Å². The van der Waals surface area contributed by atoms with Crippen molar-refractivity contribution in [3.8, 4) is 22.8 Å². The third kappa shape index (κ3) is 8.43. The second-order valence-corrected chi connectivity index (χ2v) is 21.6. The molecule has 0 radical (unpaired) electrons. The second kappa shape index (κ2) is 17.1. The van der Waals surface area contributed by atoms with Crippen molar-refractivity contribution in [3.63, 3.8) is 0 Å². The van der Waals surface area contributed by atoms with Gasteiger partial charge < -0.3 is 23.7 Å². The monoisotopic (exact) mass is 813 g/mol. The van der Waals surface area contributed by atoms with Crippen LogP contribution in [0.3, 0.4) is 0 Å². The van der Waals surface area contributed by atoms with Crippen molar-refractivity contribution in [1.29, 1.82) is 0 Å². The molecule has 5 aromatic rings. The number of carbonyl (C=O) groups excluding carboxylic acids is 2. The van der Waals surface area contributed by atoms with E-state index in [2.05, 4.69) is 74.3 Å². The van der Waals surface area contributed by atoms with E-state index < -0.39 is 19.7 Å². The van der Waals surface area contributed by atoms with E-state index in [-0.39, 0.29) is 34.6 Å². The van der Waals surface area contributed by atoms with Crippen LogP contribution in [-0.4, -0.2) is 67.5 Å². The predicted octanol–water partition coefficient (Wildman–Crippen LogP) is 8.99. The molecule has 8 nitrogen and oxygen atoms in total. The van der Waals surface area contributed by atoms with Gasteiger partial charge in [0.15, 0.2) is 5.60 Å². The highest BCUT2D eigenvalue weighted by molar-refractivity contribution is 6.99. The van der Waals surface area contributed by atoms with Crippen LogP contribution in [-0.2, 0) is 15.6 Å². The van der Waals surface area contributed by atoms with E-state index in [4.69, 9.17) is 13.9 Å².